The molecule has 0 saturated carbocycles. The van der Waals surface area contributed by atoms with Gasteiger partial charge in [-0.1, -0.05) is 51.8 Å². The molecule has 0 radical (unpaired) electrons. The molecule has 20 heavy (non-hydrogen) atoms. The van der Waals surface area contributed by atoms with Gasteiger partial charge in [-0.3, -0.25) is 4.98 Å². The molecular weight excluding hydrogens is 336 g/mol. The molecule has 4 heteroatoms. The third kappa shape index (κ3) is 2.44. The standard InChI is InChI=1S/C16H12BrClN2/c17-15-8-11(18)4-5-14(15)16(19)13-3-1-2-10-9-20-7-6-12(10)13/h1-9,16H,19H2. The Labute approximate surface area is 130 Å². The number of halogens is 2. The highest BCUT2D eigenvalue weighted by molar-refractivity contribution is 9.10. The lowest BCUT2D eigenvalue weighted by molar-refractivity contribution is 0.875. The molecule has 0 amide bonds. The van der Waals surface area contributed by atoms with Crippen LogP contribution in [-0.2, 0) is 0 Å². The topological polar surface area (TPSA) is 38.9 Å². The smallest absolute Gasteiger partial charge is 0.0568 e. The molecule has 0 aliphatic carbocycles. The first-order valence-electron chi connectivity index (χ1n) is 6.20. The van der Waals surface area contributed by atoms with Gasteiger partial charge in [0.25, 0.3) is 0 Å². The van der Waals surface area contributed by atoms with Gasteiger partial charge in [-0.2, -0.15) is 0 Å². The van der Waals surface area contributed by atoms with E-state index < -0.39 is 0 Å². The van der Waals surface area contributed by atoms with E-state index in [9.17, 15) is 0 Å². The molecule has 0 saturated heterocycles. The van der Waals surface area contributed by atoms with E-state index in [4.69, 9.17) is 17.3 Å². The normalized spacial score (nSPS) is 12.6. The average Bonchev–Trinajstić information content (AvgIpc) is 2.46. The molecule has 3 rings (SSSR count). The highest BCUT2D eigenvalue weighted by atomic mass is 79.9. The molecule has 0 aliphatic rings. The fraction of sp³-hybridized carbons (Fsp3) is 0.0625. The molecule has 0 spiro atoms. The molecule has 2 N–H and O–H groups in total. The number of aromatic nitrogens is 1. The molecule has 1 unspecified atom stereocenters. The third-order valence-electron chi connectivity index (χ3n) is 3.35. The highest BCUT2D eigenvalue weighted by Crippen LogP contribution is 2.32. The maximum atomic E-state index is 6.44. The molecule has 0 aliphatic heterocycles. The first-order valence-corrected chi connectivity index (χ1v) is 7.37. The van der Waals surface area contributed by atoms with Gasteiger partial charge >= 0.3 is 0 Å². The monoisotopic (exact) mass is 346 g/mol. The van der Waals surface area contributed by atoms with Crippen molar-refractivity contribution in [2.75, 3.05) is 0 Å². The van der Waals surface area contributed by atoms with E-state index in [0.29, 0.717) is 5.02 Å². The van der Waals surface area contributed by atoms with E-state index in [1.165, 1.54) is 0 Å². The third-order valence-corrected chi connectivity index (χ3v) is 4.27. The van der Waals surface area contributed by atoms with Crippen LogP contribution in [-0.4, -0.2) is 4.98 Å². The Hall–Kier alpha value is -1.42. The lowest BCUT2D eigenvalue weighted by atomic mass is 9.95. The van der Waals surface area contributed by atoms with Gasteiger partial charge in [-0.05, 0) is 34.7 Å². The van der Waals surface area contributed by atoms with Crippen LogP contribution in [0.2, 0.25) is 5.02 Å². The average molecular weight is 348 g/mol. The zero-order valence-electron chi connectivity index (χ0n) is 10.6. The summed E-state index contributed by atoms with van der Waals surface area (Å²) in [4.78, 5) is 4.15. The van der Waals surface area contributed by atoms with Crippen LogP contribution in [0.1, 0.15) is 17.2 Å². The van der Waals surface area contributed by atoms with Crippen LogP contribution in [0, 0.1) is 0 Å². The molecular formula is C16H12BrClN2. The SMILES string of the molecule is NC(c1ccc(Cl)cc1Br)c1cccc2cnccc12. The molecule has 1 atom stereocenters. The van der Waals surface area contributed by atoms with Crippen molar-refractivity contribution in [2.24, 2.45) is 5.73 Å². The van der Waals surface area contributed by atoms with E-state index in [2.05, 4.69) is 20.9 Å². The zero-order valence-corrected chi connectivity index (χ0v) is 12.9. The molecule has 0 bridgehead atoms. The van der Waals surface area contributed by atoms with Crippen LogP contribution >= 0.6 is 27.5 Å². The lowest BCUT2D eigenvalue weighted by Crippen LogP contribution is -2.13. The lowest BCUT2D eigenvalue weighted by Gasteiger charge is -2.16. The largest absolute Gasteiger partial charge is 0.320 e. The summed E-state index contributed by atoms with van der Waals surface area (Å²) in [5.74, 6) is 0. The molecule has 1 aromatic heterocycles. The molecule has 3 aromatic rings. The van der Waals surface area contributed by atoms with Crippen molar-refractivity contribution < 1.29 is 0 Å². The Morgan fingerprint density at radius 3 is 2.75 bits per heavy atom. The summed E-state index contributed by atoms with van der Waals surface area (Å²) in [5, 5.41) is 2.90. The minimum absolute atomic E-state index is 0.215. The van der Waals surface area contributed by atoms with Gasteiger partial charge in [0.05, 0.1) is 6.04 Å². The summed E-state index contributed by atoms with van der Waals surface area (Å²) in [6.45, 7) is 0. The number of hydrogen-bond donors (Lipinski definition) is 1. The Morgan fingerprint density at radius 2 is 1.95 bits per heavy atom. The first-order chi connectivity index (χ1) is 9.66. The number of rotatable bonds is 2. The Balaban J connectivity index is 2.15. The van der Waals surface area contributed by atoms with Gasteiger partial charge in [-0.25, -0.2) is 0 Å². The summed E-state index contributed by atoms with van der Waals surface area (Å²) in [7, 11) is 0. The Bertz CT molecular complexity index is 768. The molecule has 2 nitrogen and oxygen atoms in total. The second-order valence-electron chi connectivity index (χ2n) is 4.59. The number of hydrogen-bond acceptors (Lipinski definition) is 2. The fourth-order valence-electron chi connectivity index (χ4n) is 2.34. The van der Waals surface area contributed by atoms with Gasteiger partial charge in [-0.15, -0.1) is 0 Å². The fourth-order valence-corrected chi connectivity index (χ4v) is 3.27. The van der Waals surface area contributed by atoms with E-state index >= 15 is 0 Å². The Morgan fingerprint density at radius 1 is 1.10 bits per heavy atom. The van der Waals surface area contributed by atoms with Crippen molar-refractivity contribution in [3.63, 3.8) is 0 Å². The molecule has 0 fully saturated rings. The van der Waals surface area contributed by atoms with Gasteiger partial charge in [0.2, 0.25) is 0 Å². The van der Waals surface area contributed by atoms with Crippen LogP contribution in [0.5, 0.6) is 0 Å². The number of benzene rings is 2. The van der Waals surface area contributed by atoms with Crippen molar-refractivity contribution >= 4 is 38.3 Å². The van der Waals surface area contributed by atoms with Crippen molar-refractivity contribution in [1.82, 2.24) is 4.98 Å². The summed E-state index contributed by atoms with van der Waals surface area (Å²) in [6, 6.07) is 13.5. The van der Waals surface area contributed by atoms with Crippen LogP contribution in [0.25, 0.3) is 10.8 Å². The van der Waals surface area contributed by atoms with Crippen molar-refractivity contribution in [3.8, 4) is 0 Å². The number of nitrogens with two attached hydrogens (primary N) is 1. The van der Waals surface area contributed by atoms with Gasteiger partial charge in [0.15, 0.2) is 0 Å². The van der Waals surface area contributed by atoms with Crippen LogP contribution in [0.3, 0.4) is 0 Å². The Kier molecular flexibility index (Phi) is 3.74. The predicted molar refractivity (Wildman–Crippen MR) is 86.9 cm³/mol. The van der Waals surface area contributed by atoms with Crippen molar-refractivity contribution in [1.29, 1.82) is 0 Å². The molecule has 100 valence electrons. The minimum atomic E-state index is -0.215. The van der Waals surface area contributed by atoms with Crippen LogP contribution in [0.15, 0.2) is 59.3 Å². The van der Waals surface area contributed by atoms with E-state index in [0.717, 1.165) is 26.4 Å². The van der Waals surface area contributed by atoms with E-state index in [-0.39, 0.29) is 6.04 Å². The van der Waals surface area contributed by atoms with E-state index in [1.54, 1.807) is 6.20 Å². The summed E-state index contributed by atoms with van der Waals surface area (Å²) in [5.41, 5.74) is 8.53. The minimum Gasteiger partial charge on any atom is -0.320 e. The number of nitrogens with zero attached hydrogens (tertiary/aromatic N) is 1. The van der Waals surface area contributed by atoms with Crippen LogP contribution in [0.4, 0.5) is 0 Å². The summed E-state index contributed by atoms with van der Waals surface area (Å²) in [6.07, 6.45) is 3.64. The molecule has 1 heterocycles. The van der Waals surface area contributed by atoms with Gasteiger partial charge < -0.3 is 5.73 Å². The van der Waals surface area contributed by atoms with E-state index in [1.807, 2.05) is 48.7 Å². The molecule has 2 aromatic carbocycles. The zero-order chi connectivity index (χ0) is 14.1. The highest BCUT2D eigenvalue weighted by Gasteiger charge is 2.15. The van der Waals surface area contributed by atoms with Gasteiger partial charge in [0, 0.05) is 27.3 Å². The maximum Gasteiger partial charge on any atom is 0.0568 e. The quantitative estimate of drug-likeness (QED) is 0.730. The number of fused-ring (bicyclic) bond motifs is 1. The maximum absolute atomic E-state index is 6.44. The second kappa shape index (κ2) is 5.52. The number of pyridine rings is 1. The summed E-state index contributed by atoms with van der Waals surface area (Å²) < 4.78 is 0.920. The first kappa shape index (κ1) is 13.6. The second-order valence-corrected chi connectivity index (χ2v) is 5.88. The van der Waals surface area contributed by atoms with Crippen molar-refractivity contribution in [2.45, 2.75) is 6.04 Å². The predicted octanol–water partition coefficient (Wildman–Crippen LogP) is 4.70. The van der Waals surface area contributed by atoms with Crippen molar-refractivity contribution in [3.05, 3.63) is 75.5 Å². The summed E-state index contributed by atoms with van der Waals surface area (Å²) >= 11 is 9.52. The van der Waals surface area contributed by atoms with Crippen LogP contribution < -0.4 is 5.73 Å². The van der Waals surface area contributed by atoms with Gasteiger partial charge in [0.1, 0.15) is 0 Å².